The third kappa shape index (κ3) is 4.45. The van der Waals surface area contributed by atoms with E-state index < -0.39 is 12.0 Å². The Morgan fingerprint density at radius 2 is 2.17 bits per heavy atom. The molecule has 0 saturated carbocycles. The molecule has 0 spiro atoms. The number of amides is 1. The Kier molecular flexibility index (Phi) is 5.17. The quantitative estimate of drug-likeness (QED) is 0.797. The number of methoxy groups -OCH3 is 1. The SMILES string of the molecule is COc1cccc(CCC(=O)NC(C)C(=O)O)c1. The predicted molar refractivity (Wildman–Crippen MR) is 66.6 cm³/mol. The third-order valence-electron chi connectivity index (χ3n) is 2.52. The predicted octanol–water partition coefficient (Wildman–Crippen LogP) is 1.22. The zero-order valence-corrected chi connectivity index (χ0v) is 10.5. The average Bonchev–Trinajstić information content (AvgIpc) is 2.36. The number of aryl methyl sites for hydroxylation is 1. The molecule has 0 fully saturated rings. The number of nitrogens with one attached hydrogen (secondary N) is 1. The van der Waals surface area contributed by atoms with Crippen LogP contribution in [0.2, 0.25) is 0 Å². The maximum atomic E-state index is 11.5. The highest BCUT2D eigenvalue weighted by Crippen LogP contribution is 2.13. The Balaban J connectivity index is 2.44. The van der Waals surface area contributed by atoms with Crippen LogP contribution < -0.4 is 10.1 Å². The van der Waals surface area contributed by atoms with E-state index in [0.29, 0.717) is 6.42 Å². The number of benzene rings is 1. The van der Waals surface area contributed by atoms with Crippen LogP contribution in [0.15, 0.2) is 24.3 Å². The van der Waals surface area contributed by atoms with E-state index in [-0.39, 0.29) is 12.3 Å². The standard InChI is InChI=1S/C13H17NO4/c1-9(13(16)17)14-12(15)7-6-10-4-3-5-11(8-10)18-2/h3-5,8-9H,6-7H2,1-2H3,(H,14,15)(H,16,17). The smallest absolute Gasteiger partial charge is 0.325 e. The number of carbonyl (C=O) groups is 2. The minimum atomic E-state index is -1.04. The van der Waals surface area contributed by atoms with Crippen molar-refractivity contribution in [1.29, 1.82) is 0 Å². The number of carboxylic acid groups (broad SMARTS) is 1. The van der Waals surface area contributed by atoms with Gasteiger partial charge in [0.15, 0.2) is 0 Å². The van der Waals surface area contributed by atoms with Crippen LogP contribution in [0.3, 0.4) is 0 Å². The van der Waals surface area contributed by atoms with Crippen LogP contribution in [0.1, 0.15) is 18.9 Å². The van der Waals surface area contributed by atoms with Crippen molar-refractivity contribution in [2.24, 2.45) is 0 Å². The molecule has 0 aliphatic carbocycles. The van der Waals surface area contributed by atoms with E-state index in [1.807, 2.05) is 24.3 Å². The molecule has 0 bridgehead atoms. The maximum absolute atomic E-state index is 11.5. The summed E-state index contributed by atoms with van der Waals surface area (Å²) in [5, 5.41) is 11.1. The molecule has 2 N–H and O–H groups in total. The lowest BCUT2D eigenvalue weighted by Gasteiger charge is -2.09. The molecule has 1 aromatic rings. The minimum absolute atomic E-state index is 0.255. The highest BCUT2D eigenvalue weighted by atomic mass is 16.5. The van der Waals surface area contributed by atoms with Crippen molar-refractivity contribution in [2.45, 2.75) is 25.8 Å². The normalized spacial score (nSPS) is 11.7. The van der Waals surface area contributed by atoms with E-state index in [1.165, 1.54) is 6.92 Å². The minimum Gasteiger partial charge on any atom is -0.497 e. The Morgan fingerprint density at radius 1 is 1.44 bits per heavy atom. The second-order valence-corrected chi connectivity index (χ2v) is 3.98. The fraction of sp³-hybridized carbons (Fsp3) is 0.385. The lowest BCUT2D eigenvalue weighted by Crippen LogP contribution is -2.38. The van der Waals surface area contributed by atoms with Gasteiger partial charge in [0.2, 0.25) is 5.91 Å². The Morgan fingerprint density at radius 3 is 2.78 bits per heavy atom. The Hall–Kier alpha value is -2.04. The second-order valence-electron chi connectivity index (χ2n) is 3.98. The molecule has 1 aromatic carbocycles. The van der Waals surface area contributed by atoms with Gasteiger partial charge in [-0.3, -0.25) is 9.59 Å². The van der Waals surface area contributed by atoms with Crippen LogP contribution in [0.25, 0.3) is 0 Å². The summed E-state index contributed by atoms with van der Waals surface area (Å²) < 4.78 is 5.08. The topological polar surface area (TPSA) is 75.6 Å². The van der Waals surface area contributed by atoms with E-state index >= 15 is 0 Å². The molecule has 1 rings (SSSR count). The maximum Gasteiger partial charge on any atom is 0.325 e. The Labute approximate surface area is 106 Å². The molecule has 18 heavy (non-hydrogen) atoms. The van der Waals surface area contributed by atoms with Gasteiger partial charge in [-0.25, -0.2) is 0 Å². The van der Waals surface area contributed by atoms with E-state index in [9.17, 15) is 9.59 Å². The van der Waals surface area contributed by atoms with E-state index in [4.69, 9.17) is 9.84 Å². The molecule has 1 unspecified atom stereocenters. The van der Waals surface area contributed by atoms with E-state index in [0.717, 1.165) is 11.3 Å². The first-order chi connectivity index (χ1) is 8.52. The molecule has 0 radical (unpaired) electrons. The summed E-state index contributed by atoms with van der Waals surface area (Å²) >= 11 is 0. The van der Waals surface area contributed by atoms with Gasteiger partial charge in [-0.05, 0) is 31.0 Å². The molecule has 0 aliphatic rings. The number of hydrogen-bond acceptors (Lipinski definition) is 3. The number of carbonyl (C=O) groups excluding carboxylic acids is 1. The summed E-state index contributed by atoms with van der Waals surface area (Å²) in [6.07, 6.45) is 0.806. The zero-order chi connectivity index (χ0) is 13.5. The number of ether oxygens (including phenoxy) is 1. The Bertz CT molecular complexity index is 431. The molecule has 1 atom stereocenters. The highest BCUT2D eigenvalue weighted by molar-refractivity contribution is 5.83. The molecule has 5 nitrogen and oxygen atoms in total. The summed E-state index contributed by atoms with van der Waals surface area (Å²) in [5.74, 6) is -0.565. The van der Waals surface area contributed by atoms with Gasteiger partial charge < -0.3 is 15.2 Å². The van der Waals surface area contributed by atoms with Crippen molar-refractivity contribution >= 4 is 11.9 Å². The number of rotatable bonds is 6. The highest BCUT2D eigenvalue weighted by Gasteiger charge is 2.13. The second kappa shape index (κ2) is 6.64. The van der Waals surface area contributed by atoms with Crippen molar-refractivity contribution in [3.05, 3.63) is 29.8 Å². The molecule has 0 heterocycles. The molecule has 5 heteroatoms. The summed E-state index contributed by atoms with van der Waals surface area (Å²) in [6.45, 7) is 1.44. The van der Waals surface area contributed by atoms with Crippen molar-refractivity contribution in [3.8, 4) is 5.75 Å². The monoisotopic (exact) mass is 251 g/mol. The number of aliphatic carboxylic acids is 1. The zero-order valence-electron chi connectivity index (χ0n) is 10.5. The molecule has 1 amide bonds. The van der Waals surface area contributed by atoms with Crippen LogP contribution in [-0.2, 0) is 16.0 Å². The van der Waals surface area contributed by atoms with Gasteiger partial charge >= 0.3 is 5.97 Å². The van der Waals surface area contributed by atoms with Crippen molar-refractivity contribution in [3.63, 3.8) is 0 Å². The molecular formula is C13H17NO4. The first-order valence-corrected chi connectivity index (χ1v) is 5.68. The van der Waals surface area contributed by atoms with Gasteiger partial charge in [-0.2, -0.15) is 0 Å². The number of carboxylic acids is 1. The number of hydrogen-bond donors (Lipinski definition) is 2. The van der Waals surface area contributed by atoms with Gasteiger partial charge in [-0.1, -0.05) is 12.1 Å². The van der Waals surface area contributed by atoms with E-state index in [1.54, 1.807) is 7.11 Å². The first kappa shape index (κ1) is 14.0. The molecular weight excluding hydrogens is 234 g/mol. The van der Waals surface area contributed by atoms with Gasteiger partial charge in [-0.15, -0.1) is 0 Å². The fourth-order valence-electron chi connectivity index (χ4n) is 1.46. The first-order valence-electron chi connectivity index (χ1n) is 5.68. The van der Waals surface area contributed by atoms with Crippen LogP contribution in [0, 0.1) is 0 Å². The van der Waals surface area contributed by atoms with Crippen molar-refractivity contribution in [2.75, 3.05) is 7.11 Å². The molecule has 98 valence electrons. The van der Waals surface area contributed by atoms with Crippen LogP contribution >= 0.6 is 0 Å². The largest absolute Gasteiger partial charge is 0.497 e. The lowest BCUT2D eigenvalue weighted by molar-refractivity contribution is -0.141. The summed E-state index contributed by atoms with van der Waals surface area (Å²) in [6, 6.07) is 6.58. The van der Waals surface area contributed by atoms with Crippen LogP contribution in [-0.4, -0.2) is 30.1 Å². The van der Waals surface area contributed by atoms with E-state index in [2.05, 4.69) is 5.32 Å². The van der Waals surface area contributed by atoms with Crippen molar-refractivity contribution < 1.29 is 19.4 Å². The third-order valence-corrected chi connectivity index (χ3v) is 2.52. The van der Waals surface area contributed by atoms with Gasteiger partial charge in [0, 0.05) is 6.42 Å². The average molecular weight is 251 g/mol. The fourth-order valence-corrected chi connectivity index (χ4v) is 1.46. The summed E-state index contributed by atoms with van der Waals surface area (Å²) in [7, 11) is 1.58. The van der Waals surface area contributed by atoms with Crippen LogP contribution in [0.5, 0.6) is 5.75 Å². The summed E-state index contributed by atoms with van der Waals surface area (Å²) in [4.78, 5) is 22.0. The van der Waals surface area contributed by atoms with Gasteiger partial charge in [0.1, 0.15) is 11.8 Å². The summed E-state index contributed by atoms with van der Waals surface area (Å²) in [5.41, 5.74) is 0.979. The molecule has 0 saturated heterocycles. The lowest BCUT2D eigenvalue weighted by atomic mass is 10.1. The van der Waals surface area contributed by atoms with Gasteiger partial charge in [0.25, 0.3) is 0 Å². The molecule has 0 aromatic heterocycles. The van der Waals surface area contributed by atoms with Crippen molar-refractivity contribution in [1.82, 2.24) is 5.32 Å². The molecule has 0 aliphatic heterocycles. The van der Waals surface area contributed by atoms with Crippen LogP contribution in [0.4, 0.5) is 0 Å². The van der Waals surface area contributed by atoms with Gasteiger partial charge in [0.05, 0.1) is 7.11 Å².